The number of H-pyrrole nitrogens is 1. The van der Waals surface area contributed by atoms with Crippen molar-refractivity contribution in [2.75, 3.05) is 4.90 Å². The van der Waals surface area contributed by atoms with E-state index in [0.29, 0.717) is 17.3 Å². The van der Waals surface area contributed by atoms with Crippen LogP contribution in [0.5, 0.6) is 11.5 Å². The molecule has 0 aliphatic carbocycles. The van der Waals surface area contributed by atoms with Crippen molar-refractivity contribution >= 4 is 17.5 Å². The molecule has 0 bridgehead atoms. The molecule has 0 unspecified atom stereocenters. The minimum Gasteiger partial charge on any atom is -0.457 e. The van der Waals surface area contributed by atoms with E-state index in [9.17, 15) is 4.79 Å². The number of ether oxygens (including phenoxy) is 1. The maximum Gasteiger partial charge on any atom is 0.325 e. The maximum atomic E-state index is 12.0. The molecular weight excluding hydrogens is 328 g/mol. The smallest absolute Gasteiger partial charge is 0.325 e. The summed E-state index contributed by atoms with van der Waals surface area (Å²) in [5, 5.41) is 7.21. The number of urea groups is 1. The first-order valence-electron chi connectivity index (χ1n) is 8.33. The summed E-state index contributed by atoms with van der Waals surface area (Å²) in [7, 11) is 0. The van der Waals surface area contributed by atoms with Crippen LogP contribution in [-0.2, 0) is 5.41 Å². The topological polar surface area (TPSA) is 84.2 Å². The Balaban J connectivity index is 1.85. The second-order valence-corrected chi connectivity index (χ2v) is 6.97. The number of carbonyl (C=O) groups is 1. The lowest BCUT2D eigenvalue weighted by molar-refractivity contribution is 0.256. The molecule has 0 aliphatic rings. The minimum absolute atomic E-state index is 0.109. The number of aromatic nitrogens is 2. The largest absolute Gasteiger partial charge is 0.457 e. The highest BCUT2D eigenvalue weighted by Crippen LogP contribution is 2.30. The van der Waals surface area contributed by atoms with Crippen LogP contribution in [-0.4, -0.2) is 16.2 Å². The fourth-order valence-electron chi connectivity index (χ4n) is 2.47. The molecule has 3 rings (SSSR count). The number of nitrogens with one attached hydrogen (secondary N) is 1. The van der Waals surface area contributed by atoms with Gasteiger partial charge in [0.25, 0.3) is 0 Å². The first-order valence-corrected chi connectivity index (χ1v) is 8.33. The zero-order chi connectivity index (χ0) is 18.7. The van der Waals surface area contributed by atoms with Crippen molar-refractivity contribution in [1.29, 1.82) is 0 Å². The molecule has 0 spiro atoms. The van der Waals surface area contributed by atoms with Crippen molar-refractivity contribution in [3.63, 3.8) is 0 Å². The van der Waals surface area contributed by atoms with Crippen LogP contribution in [0.15, 0.2) is 60.7 Å². The first kappa shape index (κ1) is 17.5. The standard InChI is InChI=1S/C20H22N4O2/c1-20(2,3)17-13-18(23-22-17)24(19(21)25)14-9-11-16(12-10-14)26-15-7-5-4-6-8-15/h4-13H,1-3H3,(H2,21,25)(H,22,23). The third-order valence-corrected chi connectivity index (χ3v) is 3.90. The van der Waals surface area contributed by atoms with Crippen molar-refractivity contribution < 1.29 is 9.53 Å². The molecule has 134 valence electrons. The van der Waals surface area contributed by atoms with Gasteiger partial charge >= 0.3 is 6.03 Å². The molecule has 0 saturated heterocycles. The number of hydrogen-bond donors (Lipinski definition) is 2. The average molecular weight is 350 g/mol. The van der Waals surface area contributed by atoms with Gasteiger partial charge < -0.3 is 10.5 Å². The van der Waals surface area contributed by atoms with Crippen molar-refractivity contribution in [1.82, 2.24) is 10.2 Å². The van der Waals surface area contributed by atoms with Crippen LogP contribution in [0.4, 0.5) is 16.3 Å². The number of nitrogens with two attached hydrogens (primary N) is 1. The Morgan fingerprint density at radius 3 is 2.19 bits per heavy atom. The summed E-state index contributed by atoms with van der Waals surface area (Å²) in [6, 6.07) is 17.8. The number of rotatable bonds is 4. The molecule has 6 heteroatoms. The maximum absolute atomic E-state index is 12.0. The number of hydrogen-bond acceptors (Lipinski definition) is 3. The fraction of sp³-hybridized carbons (Fsp3) is 0.200. The molecule has 0 atom stereocenters. The molecule has 0 fully saturated rings. The van der Waals surface area contributed by atoms with E-state index >= 15 is 0 Å². The molecule has 2 aromatic carbocycles. The zero-order valence-electron chi connectivity index (χ0n) is 15.1. The van der Waals surface area contributed by atoms with Crippen LogP contribution in [0.3, 0.4) is 0 Å². The number of aromatic amines is 1. The molecule has 3 N–H and O–H groups in total. The third kappa shape index (κ3) is 3.85. The molecular formula is C20H22N4O2. The van der Waals surface area contributed by atoms with Gasteiger partial charge in [-0.25, -0.2) is 9.69 Å². The van der Waals surface area contributed by atoms with Crippen molar-refractivity contribution in [3.05, 3.63) is 66.4 Å². The number of anilines is 2. The highest BCUT2D eigenvalue weighted by Gasteiger charge is 2.22. The van der Waals surface area contributed by atoms with Crippen molar-refractivity contribution in [2.24, 2.45) is 5.73 Å². The predicted molar refractivity (Wildman–Crippen MR) is 102 cm³/mol. The summed E-state index contributed by atoms with van der Waals surface area (Å²) in [4.78, 5) is 13.4. The lowest BCUT2D eigenvalue weighted by atomic mass is 9.92. The molecule has 0 aliphatic heterocycles. The monoisotopic (exact) mass is 350 g/mol. The second-order valence-electron chi connectivity index (χ2n) is 6.97. The molecule has 0 radical (unpaired) electrons. The Labute approximate surface area is 152 Å². The molecule has 26 heavy (non-hydrogen) atoms. The van der Waals surface area contributed by atoms with E-state index in [0.717, 1.165) is 11.4 Å². The van der Waals surface area contributed by atoms with Crippen molar-refractivity contribution in [2.45, 2.75) is 26.2 Å². The molecule has 6 nitrogen and oxygen atoms in total. The van der Waals surface area contributed by atoms with Gasteiger partial charge in [-0.3, -0.25) is 5.10 Å². The van der Waals surface area contributed by atoms with Crippen molar-refractivity contribution in [3.8, 4) is 11.5 Å². The van der Waals surface area contributed by atoms with E-state index < -0.39 is 6.03 Å². The van der Waals surface area contributed by atoms with E-state index in [1.807, 2.05) is 36.4 Å². The number of primary amides is 1. The SMILES string of the molecule is CC(C)(C)c1cc(N(C(N)=O)c2ccc(Oc3ccccc3)cc2)n[nH]1. The summed E-state index contributed by atoms with van der Waals surface area (Å²) in [5.41, 5.74) is 7.01. The van der Waals surface area contributed by atoms with E-state index in [2.05, 4.69) is 31.0 Å². The van der Waals surface area contributed by atoms with E-state index in [-0.39, 0.29) is 5.41 Å². The summed E-state index contributed by atoms with van der Waals surface area (Å²) in [6.45, 7) is 6.19. The highest BCUT2D eigenvalue weighted by atomic mass is 16.5. The van der Waals surface area contributed by atoms with Gasteiger partial charge in [-0.15, -0.1) is 0 Å². The molecule has 0 saturated carbocycles. The second kappa shape index (κ2) is 6.92. The van der Waals surface area contributed by atoms with Crippen LogP contribution in [0.1, 0.15) is 26.5 Å². The Bertz CT molecular complexity index is 880. The normalized spacial score (nSPS) is 11.2. The summed E-state index contributed by atoms with van der Waals surface area (Å²) < 4.78 is 5.77. The molecule has 2 amide bonds. The van der Waals surface area contributed by atoms with Gasteiger partial charge in [0.2, 0.25) is 0 Å². The van der Waals surface area contributed by atoms with Gasteiger partial charge in [0.05, 0.1) is 5.69 Å². The van der Waals surface area contributed by atoms with Gasteiger partial charge in [0.1, 0.15) is 11.5 Å². The zero-order valence-corrected chi connectivity index (χ0v) is 15.1. The van der Waals surface area contributed by atoms with E-state index in [4.69, 9.17) is 10.5 Å². The van der Waals surface area contributed by atoms with Crippen LogP contribution >= 0.6 is 0 Å². The predicted octanol–water partition coefficient (Wildman–Crippen LogP) is 4.72. The molecule has 3 aromatic rings. The van der Waals surface area contributed by atoms with Crippen LogP contribution < -0.4 is 15.4 Å². The molecule has 1 aromatic heterocycles. The highest BCUT2D eigenvalue weighted by molar-refractivity contribution is 5.97. The van der Waals surface area contributed by atoms with E-state index in [1.54, 1.807) is 24.3 Å². The van der Waals surface area contributed by atoms with Gasteiger partial charge in [-0.1, -0.05) is 39.0 Å². The summed E-state index contributed by atoms with van der Waals surface area (Å²) in [5.74, 6) is 1.87. The Hall–Kier alpha value is -3.28. The Morgan fingerprint density at radius 2 is 1.65 bits per heavy atom. The number of benzene rings is 2. The van der Waals surface area contributed by atoms with Gasteiger partial charge in [0.15, 0.2) is 5.82 Å². The Kier molecular flexibility index (Phi) is 4.67. The first-order chi connectivity index (χ1) is 12.3. The van der Waals surface area contributed by atoms with Gasteiger partial charge in [-0.2, -0.15) is 5.10 Å². The van der Waals surface area contributed by atoms with E-state index in [1.165, 1.54) is 4.90 Å². The number of carbonyl (C=O) groups excluding carboxylic acids is 1. The fourth-order valence-corrected chi connectivity index (χ4v) is 2.47. The quantitative estimate of drug-likeness (QED) is 0.714. The summed E-state index contributed by atoms with van der Waals surface area (Å²) in [6.07, 6.45) is 0. The average Bonchev–Trinajstić information content (AvgIpc) is 3.07. The van der Waals surface area contributed by atoms with Gasteiger partial charge in [0, 0.05) is 17.2 Å². The third-order valence-electron chi connectivity index (χ3n) is 3.90. The number of amides is 2. The van der Waals surface area contributed by atoms with Gasteiger partial charge in [-0.05, 0) is 36.4 Å². The van der Waals surface area contributed by atoms with Crippen LogP contribution in [0, 0.1) is 0 Å². The minimum atomic E-state index is -0.603. The Morgan fingerprint density at radius 1 is 1.04 bits per heavy atom. The van der Waals surface area contributed by atoms with Crippen LogP contribution in [0.25, 0.3) is 0 Å². The number of nitrogens with zero attached hydrogens (tertiary/aromatic N) is 2. The summed E-state index contributed by atoms with van der Waals surface area (Å²) >= 11 is 0. The lowest BCUT2D eigenvalue weighted by Crippen LogP contribution is -2.31. The number of para-hydroxylation sites is 1. The lowest BCUT2D eigenvalue weighted by Gasteiger charge is -2.18. The van der Waals surface area contributed by atoms with Crippen LogP contribution in [0.2, 0.25) is 0 Å². The molecule has 1 heterocycles.